The zero-order valence-electron chi connectivity index (χ0n) is 10.3. The van der Waals surface area contributed by atoms with Crippen molar-refractivity contribution in [1.29, 1.82) is 0 Å². The van der Waals surface area contributed by atoms with Gasteiger partial charge in [0.25, 0.3) is 0 Å². The summed E-state index contributed by atoms with van der Waals surface area (Å²) in [5.74, 6) is -0.831. The molecule has 0 atom stereocenters. The number of rotatable bonds is 8. The molecule has 98 valence electrons. The summed E-state index contributed by atoms with van der Waals surface area (Å²) < 4.78 is 0. The average Bonchev–Trinajstić information content (AvgIpc) is 2.36. The number of pyridine rings is 1. The van der Waals surface area contributed by atoms with Crippen molar-refractivity contribution in [2.75, 3.05) is 6.54 Å². The van der Waals surface area contributed by atoms with E-state index in [-0.39, 0.29) is 12.3 Å². The van der Waals surface area contributed by atoms with Crippen LogP contribution in [0.25, 0.3) is 0 Å². The predicted octanol–water partition coefficient (Wildman–Crippen LogP) is 1.39. The number of carbonyl (C=O) groups is 2. The second kappa shape index (κ2) is 8.22. The first-order valence-electron chi connectivity index (χ1n) is 6.06. The molecule has 0 aromatic carbocycles. The zero-order valence-corrected chi connectivity index (χ0v) is 10.3. The molecule has 18 heavy (non-hydrogen) atoms. The van der Waals surface area contributed by atoms with Crippen LogP contribution in [0.5, 0.6) is 0 Å². The lowest BCUT2D eigenvalue weighted by Gasteiger charge is -2.04. The maximum absolute atomic E-state index is 11.4. The van der Waals surface area contributed by atoms with Gasteiger partial charge in [0.15, 0.2) is 0 Å². The van der Waals surface area contributed by atoms with Gasteiger partial charge in [-0.2, -0.15) is 0 Å². The van der Waals surface area contributed by atoms with Gasteiger partial charge in [0, 0.05) is 31.8 Å². The van der Waals surface area contributed by atoms with Crippen LogP contribution in [0, 0.1) is 0 Å². The third kappa shape index (κ3) is 6.62. The van der Waals surface area contributed by atoms with Gasteiger partial charge in [-0.1, -0.05) is 0 Å². The molecule has 1 amide bonds. The second-order valence-corrected chi connectivity index (χ2v) is 4.06. The van der Waals surface area contributed by atoms with Crippen LogP contribution in [0.2, 0.25) is 0 Å². The number of carbonyl (C=O) groups excluding carboxylic acids is 1. The van der Waals surface area contributed by atoms with E-state index in [4.69, 9.17) is 5.11 Å². The number of carboxylic acids is 1. The molecule has 1 heterocycles. The highest BCUT2D eigenvalue weighted by Crippen LogP contribution is 2.00. The Morgan fingerprint density at radius 3 is 2.50 bits per heavy atom. The smallest absolute Gasteiger partial charge is 0.303 e. The van der Waals surface area contributed by atoms with Crippen LogP contribution >= 0.6 is 0 Å². The third-order valence-electron chi connectivity index (χ3n) is 2.53. The summed E-state index contributed by atoms with van der Waals surface area (Å²) in [5, 5.41) is 11.3. The molecule has 1 rings (SSSR count). The van der Waals surface area contributed by atoms with Gasteiger partial charge in [-0.05, 0) is 37.0 Å². The lowest BCUT2D eigenvalue weighted by molar-refractivity contribution is -0.137. The fourth-order valence-corrected chi connectivity index (χ4v) is 1.55. The molecule has 1 aromatic rings. The lowest BCUT2D eigenvalue weighted by atomic mass is 10.2. The highest BCUT2D eigenvalue weighted by molar-refractivity contribution is 5.75. The number of carboxylic acid groups (broad SMARTS) is 1. The van der Waals surface area contributed by atoms with E-state index in [1.54, 1.807) is 12.4 Å². The minimum Gasteiger partial charge on any atom is -0.481 e. The van der Waals surface area contributed by atoms with Crippen LogP contribution in [0.4, 0.5) is 0 Å². The molecule has 0 fully saturated rings. The molecule has 5 nitrogen and oxygen atoms in total. The number of unbranched alkanes of at least 4 members (excludes halogenated alkanes) is 1. The molecular formula is C13H18N2O3. The van der Waals surface area contributed by atoms with Crippen LogP contribution in [-0.4, -0.2) is 28.5 Å². The molecule has 0 aliphatic carbocycles. The van der Waals surface area contributed by atoms with E-state index >= 15 is 0 Å². The first-order chi connectivity index (χ1) is 8.68. The lowest BCUT2D eigenvalue weighted by Crippen LogP contribution is -2.25. The molecule has 1 aromatic heterocycles. The van der Waals surface area contributed by atoms with Gasteiger partial charge in [0.1, 0.15) is 0 Å². The number of aromatic nitrogens is 1. The number of nitrogens with zero attached hydrogens (tertiary/aromatic N) is 1. The summed E-state index contributed by atoms with van der Waals surface area (Å²) in [6, 6.07) is 3.83. The number of aliphatic carboxylic acids is 1. The van der Waals surface area contributed by atoms with Crippen LogP contribution in [-0.2, 0) is 16.0 Å². The number of hydrogen-bond donors (Lipinski definition) is 2. The van der Waals surface area contributed by atoms with Gasteiger partial charge in [-0.15, -0.1) is 0 Å². The van der Waals surface area contributed by atoms with Gasteiger partial charge in [0.05, 0.1) is 0 Å². The molecule has 0 aliphatic heterocycles. The van der Waals surface area contributed by atoms with Gasteiger partial charge in [-0.25, -0.2) is 0 Å². The second-order valence-electron chi connectivity index (χ2n) is 4.06. The molecule has 0 bridgehead atoms. The Labute approximate surface area is 106 Å². The Morgan fingerprint density at radius 1 is 1.17 bits per heavy atom. The summed E-state index contributed by atoms with van der Waals surface area (Å²) in [6.07, 6.45) is 5.92. The fraction of sp³-hybridized carbons (Fsp3) is 0.462. The highest BCUT2D eigenvalue weighted by atomic mass is 16.4. The van der Waals surface area contributed by atoms with Crippen molar-refractivity contribution in [3.05, 3.63) is 30.1 Å². The quantitative estimate of drug-likeness (QED) is 0.683. The van der Waals surface area contributed by atoms with Crippen molar-refractivity contribution in [3.63, 3.8) is 0 Å². The molecule has 0 unspecified atom stereocenters. The van der Waals surface area contributed by atoms with E-state index in [1.165, 1.54) is 0 Å². The van der Waals surface area contributed by atoms with Crippen LogP contribution in [0.1, 0.15) is 31.2 Å². The molecule has 0 saturated heterocycles. The molecule has 0 spiro atoms. The Bertz CT molecular complexity index is 379. The molecule has 0 saturated carbocycles. The average molecular weight is 250 g/mol. The van der Waals surface area contributed by atoms with Gasteiger partial charge in [0.2, 0.25) is 5.91 Å². The van der Waals surface area contributed by atoms with E-state index < -0.39 is 5.97 Å². The fourth-order valence-electron chi connectivity index (χ4n) is 1.55. The summed E-state index contributed by atoms with van der Waals surface area (Å²) in [5.41, 5.74) is 1.14. The van der Waals surface area contributed by atoms with Crippen molar-refractivity contribution >= 4 is 11.9 Å². The Balaban J connectivity index is 2.05. The van der Waals surface area contributed by atoms with Gasteiger partial charge >= 0.3 is 5.97 Å². The first kappa shape index (κ1) is 14.2. The number of hydrogen-bond acceptors (Lipinski definition) is 3. The molecular weight excluding hydrogens is 232 g/mol. The Kier molecular flexibility index (Phi) is 6.46. The van der Waals surface area contributed by atoms with E-state index in [2.05, 4.69) is 10.3 Å². The SMILES string of the molecule is O=C(O)CCCCC(=O)NCCc1ccncc1. The highest BCUT2D eigenvalue weighted by Gasteiger charge is 2.02. The minimum absolute atomic E-state index is 0.0190. The molecule has 0 radical (unpaired) electrons. The van der Waals surface area contributed by atoms with E-state index in [1.807, 2.05) is 12.1 Å². The maximum atomic E-state index is 11.4. The summed E-state index contributed by atoms with van der Waals surface area (Å²) in [4.78, 5) is 25.6. The minimum atomic E-state index is -0.812. The molecule has 2 N–H and O–H groups in total. The standard InChI is InChI=1S/C13H18N2O3/c16-12(3-1-2-4-13(17)18)15-10-7-11-5-8-14-9-6-11/h5-6,8-9H,1-4,7,10H2,(H,15,16)(H,17,18). The first-order valence-corrected chi connectivity index (χ1v) is 6.06. The summed E-state index contributed by atoms with van der Waals surface area (Å²) in [7, 11) is 0. The zero-order chi connectivity index (χ0) is 13.2. The normalized spacial score (nSPS) is 10.0. The van der Waals surface area contributed by atoms with E-state index in [9.17, 15) is 9.59 Å². The van der Waals surface area contributed by atoms with Crippen LogP contribution in [0.3, 0.4) is 0 Å². The van der Waals surface area contributed by atoms with E-state index in [0.29, 0.717) is 25.8 Å². The van der Waals surface area contributed by atoms with E-state index in [0.717, 1.165) is 12.0 Å². The number of amides is 1. The van der Waals surface area contributed by atoms with Gasteiger partial charge in [-0.3, -0.25) is 14.6 Å². The van der Waals surface area contributed by atoms with Crippen molar-refractivity contribution < 1.29 is 14.7 Å². The number of nitrogens with one attached hydrogen (secondary N) is 1. The maximum Gasteiger partial charge on any atom is 0.303 e. The third-order valence-corrected chi connectivity index (χ3v) is 2.53. The van der Waals surface area contributed by atoms with Crippen LogP contribution in [0.15, 0.2) is 24.5 Å². The topological polar surface area (TPSA) is 79.3 Å². The molecule has 0 aliphatic rings. The largest absolute Gasteiger partial charge is 0.481 e. The summed E-state index contributed by atoms with van der Waals surface area (Å²) in [6.45, 7) is 0.599. The Morgan fingerprint density at radius 2 is 1.83 bits per heavy atom. The van der Waals surface area contributed by atoms with Crippen LogP contribution < -0.4 is 5.32 Å². The predicted molar refractivity (Wildman–Crippen MR) is 67.1 cm³/mol. The summed E-state index contributed by atoms with van der Waals surface area (Å²) >= 11 is 0. The van der Waals surface area contributed by atoms with Gasteiger partial charge < -0.3 is 10.4 Å². The van der Waals surface area contributed by atoms with Crippen molar-refractivity contribution in [1.82, 2.24) is 10.3 Å². The van der Waals surface area contributed by atoms with Crippen molar-refractivity contribution in [3.8, 4) is 0 Å². The van der Waals surface area contributed by atoms with Crippen molar-refractivity contribution in [2.45, 2.75) is 32.1 Å². The monoisotopic (exact) mass is 250 g/mol. The van der Waals surface area contributed by atoms with Crippen molar-refractivity contribution in [2.24, 2.45) is 0 Å². The molecule has 5 heteroatoms. The Hall–Kier alpha value is -1.91.